The first-order valence-electron chi connectivity index (χ1n) is 10.5. The predicted molar refractivity (Wildman–Crippen MR) is 137 cm³/mol. The summed E-state index contributed by atoms with van der Waals surface area (Å²) in [5.74, 6) is 2.82. The third kappa shape index (κ3) is 8.82. The van der Waals surface area contributed by atoms with E-state index in [9.17, 15) is 0 Å². The van der Waals surface area contributed by atoms with Crippen LogP contribution in [0.15, 0.2) is 28.7 Å². The van der Waals surface area contributed by atoms with Crippen molar-refractivity contribution in [3.63, 3.8) is 0 Å². The van der Waals surface area contributed by atoms with E-state index in [1.807, 2.05) is 30.6 Å². The highest BCUT2D eigenvalue weighted by atomic mass is 127. The number of hydrogen-bond donors (Lipinski definition) is 2. The van der Waals surface area contributed by atoms with Gasteiger partial charge in [0.05, 0.1) is 31.0 Å². The molecule has 3 rings (SSSR count). The Kier molecular flexibility index (Phi) is 11.4. The second-order valence-electron chi connectivity index (χ2n) is 7.61. The number of fused-ring (bicyclic) bond motifs is 1. The molecule has 0 fully saturated rings. The fourth-order valence-electron chi connectivity index (χ4n) is 2.85. The molecule has 0 saturated heterocycles. The van der Waals surface area contributed by atoms with Crippen LogP contribution >= 0.6 is 35.3 Å². The number of aromatic nitrogens is 1. The van der Waals surface area contributed by atoms with Gasteiger partial charge in [0, 0.05) is 42.8 Å². The molecule has 0 atom stereocenters. The molecule has 2 N–H and O–H groups in total. The summed E-state index contributed by atoms with van der Waals surface area (Å²) in [6.07, 6.45) is 1.80. The standard InChI is InChI=1S/C22H32N4O3S.HI/c1-16(2)14-27-9-4-8-23-22(24-13-21-17(3)25-15-30-21)26-18-6-7-19-20(12-18)29-11-5-10-28-19;/h6-7,12,15-16H,4-5,8-11,13-14H2,1-3H3,(H2,23,24,26);1H. The number of nitrogens with zero attached hydrogens (tertiary/aromatic N) is 2. The van der Waals surface area contributed by atoms with Gasteiger partial charge in [-0.1, -0.05) is 13.8 Å². The Bertz CT molecular complexity index is 829. The van der Waals surface area contributed by atoms with Crippen molar-refractivity contribution in [1.29, 1.82) is 0 Å². The molecule has 0 radical (unpaired) electrons. The van der Waals surface area contributed by atoms with Gasteiger partial charge in [0.1, 0.15) is 0 Å². The lowest BCUT2D eigenvalue weighted by molar-refractivity contribution is 0.108. The van der Waals surface area contributed by atoms with Crippen molar-refractivity contribution in [3.05, 3.63) is 34.3 Å². The molecule has 2 aromatic rings. The van der Waals surface area contributed by atoms with Crippen molar-refractivity contribution >= 4 is 47.0 Å². The van der Waals surface area contributed by atoms with Crippen molar-refractivity contribution in [2.24, 2.45) is 10.9 Å². The van der Waals surface area contributed by atoms with E-state index in [-0.39, 0.29) is 24.0 Å². The molecular formula is C22H33IN4O3S. The quantitative estimate of drug-likeness (QED) is 0.198. The van der Waals surface area contributed by atoms with Crippen LogP contribution in [0, 0.1) is 12.8 Å². The van der Waals surface area contributed by atoms with Crippen LogP contribution in [0.2, 0.25) is 0 Å². The predicted octanol–water partition coefficient (Wildman–Crippen LogP) is 4.85. The number of guanidine groups is 1. The highest BCUT2D eigenvalue weighted by Gasteiger charge is 2.11. The van der Waals surface area contributed by atoms with Crippen molar-refractivity contribution < 1.29 is 14.2 Å². The molecule has 0 unspecified atom stereocenters. The lowest BCUT2D eigenvalue weighted by atomic mass is 10.2. The van der Waals surface area contributed by atoms with E-state index >= 15 is 0 Å². The van der Waals surface area contributed by atoms with Crippen LogP contribution < -0.4 is 20.1 Å². The van der Waals surface area contributed by atoms with Gasteiger partial charge in [-0.2, -0.15) is 0 Å². The normalized spacial score (nSPS) is 13.5. The fourth-order valence-corrected chi connectivity index (χ4v) is 3.55. The molecular weight excluding hydrogens is 527 g/mol. The molecule has 1 aliphatic heterocycles. The van der Waals surface area contributed by atoms with Gasteiger partial charge in [-0.3, -0.25) is 0 Å². The van der Waals surface area contributed by atoms with E-state index in [0.29, 0.717) is 25.7 Å². The van der Waals surface area contributed by atoms with Gasteiger partial charge in [-0.15, -0.1) is 35.3 Å². The minimum absolute atomic E-state index is 0. The van der Waals surface area contributed by atoms with E-state index in [2.05, 4.69) is 29.5 Å². The third-order valence-corrected chi connectivity index (χ3v) is 5.36. The summed E-state index contributed by atoms with van der Waals surface area (Å²) in [4.78, 5) is 10.2. The average molecular weight is 561 g/mol. The zero-order valence-electron chi connectivity index (χ0n) is 18.5. The van der Waals surface area contributed by atoms with Gasteiger partial charge in [0.2, 0.25) is 0 Å². The smallest absolute Gasteiger partial charge is 0.196 e. The van der Waals surface area contributed by atoms with E-state index in [4.69, 9.17) is 19.2 Å². The summed E-state index contributed by atoms with van der Waals surface area (Å²) in [5.41, 5.74) is 3.79. The zero-order chi connectivity index (χ0) is 21.2. The number of anilines is 1. The van der Waals surface area contributed by atoms with Crippen molar-refractivity contribution in [2.75, 3.05) is 38.3 Å². The molecule has 0 amide bonds. The van der Waals surface area contributed by atoms with Gasteiger partial charge in [-0.25, -0.2) is 9.98 Å². The lowest BCUT2D eigenvalue weighted by Crippen LogP contribution is -2.32. The Labute approximate surface area is 206 Å². The number of aryl methyl sites for hydroxylation is 1. The minimum Gasteiger partial charge on any atom is -0.490 e. The molecule has 1 aromatic carbocycles. The maximum Gasteiger partial charge on any atom is 0.196 e. The van der Waals surface area contributed by atoms with Crippen molar-refractivity contribution in [1.82, 2.24) is 10.3 Å². The number of ether oxygens (including phenoxy) is 3. The maximum atomic E-state index is 5.80. The number of thiazole rings is 1. The number of halogens is 1. The lowest BCUT2D eigenvalue weighted by Gasteiger charge is -2.15. The summed E-state index contributed by atoms with van der Waals surface area (Å²) in [7, 11) is 0. The third-order valence-electron chi connectivity index (χ3n) is 4.44. The molecule has 0 aliphatic carbocycles. The van der Waals surface area contributed by atoms with Crippen LogP contribution in [0.4, 0.5) is 5.69 Å². The SMILES string of the molecule is Cc1ncsc1CN=C(NCCCOCC(C)C)Nc1ccc2c(c1)OCCCO2.I. The summed E-state index contributed by atoms with van der Waals surface area (Å²) in [6.45, 7) is 10.6. The molecule has 2 heterocycles. The molecule has 9 heteroatoms. The number of hydrogen-bond acceptors (Lipinski definition) is 6. The minimum atomic E-state index is 0. The molecule has 0 saturated carbocycles. The molecule has 1 aromatic heterocycles. The Balaban J connectivity index is 0.00000341. The van der Waals surface area contributed by atoms with Crippen molar-refractivity contribution in [3.8, 4) is 11.5 Å². The van der Waals surface area contributed by atoms with E-state index < -0.39 is 0 Å². The van der Waals surface area contributed by atoms with Crippen LogP contribution in [0.3, 0.4) is 0 Å². The van der Waals surface area contributed by atoms with Gasteiger partial charge in [-0.05, 0) is 31.4 Å². The van der Waals surface area contributed by atoms with Gasteiger partial charge < -0.3 is 24.8 Å². The van der Waals surface area contributed by atoms with E-state index in [0.717, 1.165) is 66.3 Å². The van der Waals surface area contributed by atoms with Gasteiger partial charge in [0.25, 0.3) is 0 Å². The molecule has 1 aliphatic rings. The molecule has 0 bridgehead atoms. The first-order chi connectivity index (χ1) is 14.6. The summed E-state index contributed by atoms with van der Waals surface area (Å²) >= 11 is 1.63. The molecule has 7 nitrogen and oxygen atoms in total. The zero-order valence-corrected chi connectivity index (χ0v) is 21.6. The van der Waals surface area contributed by atoms with Crippen LogP contribution in [-0.2, 0) is 11.3 Å². The average Bonchev–Trinajstić information content (AvgIpc) is 2.99. The number of nitrogens with one attached hydrogen (secondary N) is 2. The Morgan fingerprint density at radius 3 is 2.81 bits per heavy atom. The largest absolute Gasteiger partial charge is 0.490 e. The second-order valence-corrected chi connectivity index (χ2v) is 8.55. The van der Waals surface area contributed by atoms with Crippen molar-refractivity contribution in [2.45, 2.75) is 40.2 Å². The van der Waals surface area contributed by atoms with Gasteiger partial charge in [0.15, 0.2) is 17.5 Å². The fraction of sp³-hybridized carbons (Fsp3) is 0.545. The monoisotopic (exact) mass is 560 g/mol. The Hall–Kier alpha value is -1.59. The van der Waals surface area contributed by atoms with Crippen LogP contribution in [0.5, 0.6) is 11.5 Å². The van der Waals surface area contributed by atoms with Gasteiger partial charge >= 0.3 is 0 Å². The van der Waals surface area contributed by atoms with E-state index in [1.165, 1.54) is 0 Å². The summed E-state index contributed by atoms with van der Waals surface area (Å²) < 4.78 is 17.2. The first-order valence-corrected chi connectivity index (χ1v) is 11.4. The number of rotatable bonds is 9. The Morgan fingerprint density at radius 2 is 2.06 bits per heavy atom. The van der Waals surface area contributed by atoms with E-state index in [1.54, 1.807) is 11.3 Å². The number of benzene rings is 1. The highest BCUT2D eigenvalue weighted by molar-refractivity contribution is 14.0. The second kappa shape index (κ2) is 13.7. The summed E-state index contributed by atoms with van der Waals surface area (Å²) in [6, 6.07) is 5.88. The Morgan fingerprint density at radius 1 is 1.26 bits per heavy atom. The number of aliphatic imine (C=N–C) groups is 1. The van der Waals surface area contributed by atoms with Crippen LogP contribution in [0.25, 0.3) is 0 Å². The summed E-state index contributed by atoms with van der Waals surface area (Å²) in [5, 5.41) is 6.79. The topological polar surface area (TPSA) is 77.0 Å². The highest BCUT2D eigenvalue weighted by Crippen LogP contribution is 2.32. The molecule has 31 heavy (non-hydrogen) atoms. The molecule has 0 spiro atoms. The van der Waals surface area contributed by atoms with Crippen LogP contribution in [-0.4, -0.2) is 43.9 Å². The first kappa shape index (κ1) is 25.7. The maximum absolute atomic E-state index is 5.80. The van der Waals surface area contributed by atoms with Crippen LogP contribution in [0.1, 0.15) is 37.3 Å². The molecule has 172 valence electrons.